The predicted molar refractivity (Wildman–Crippen MR) is 228 cm³/mol. The Labute approximate surface area is 341 Å². The second-order valence-corrected chi connectivity index (χ2v) is 28.3. The fraction of sp³-hybridized carbons (Fsp3) is 0.450. The Kier molecular flexibility index (Phi) is 16.2. The van der Waals surface area contributed by atoms with E-state index in [2.05, 4.69) is 76.0 Å². The van der Waals surface area contributed by atoms with Gasteiger partial charge in [-0.3, -0.25) is 9.59 Å². The summed E-state index contributed by atoms with van der Waals surface area (Å²) in [5, 5.41) is 14.7. The lowest BCUT2D eigenvalue weighted by Crippen LogP contribution is -2.22. The van der Waals surface area contributed by atoms with Crippen LogP contribution < -0.4 is 10.6 Å². The van der Waals surface area contributed by atoms with Gasteiger partial charge in [-0.1, -0.05) is 83.5 Å². The predicted octanol–water partition coefficient (Wildman–Crippen LogP) is 11.2. The molecule has 57 heavy (non-hydrogen) atoms. The average molecular weight is 894 g/mol. The van der Waals surface area contributed by atoms with Crippen LogP contribution in [0.1, 0.15) is 39.5 Å². The molecule has 0 atom stereocenters. The Balaban J connectivity index is 0.000000257. The van der Waals surface area contributed by atoms with Gasteiger partial charge in [0.25, 0.3) is 0 Å². The molecule has 0 aliphatic carbocycles. The molecule has 0 radical (unpaired) electrons. The average Bonchev–Trinajstić information content (AvgIpc) is 3.65. The molecule has 0 bridgehead atoms. The van der Waals surface area contributed by atoms with E-state index in [1.54, 1.807) is 24.3 Å². The zero-order valence-electron chi connectivity index (χ0n) is 33.9. The number of hydrogen-bond donors (Lipinski definition) is 2. The van der Waals surface area contributed by atoms with Crippen molar-refractivity contribution in [2.45, 2.75) is 104 Å². The van der Waals surface area contributed by atoms with Gasteiger partial charge in [0.1, 0.15) is 24.5 Å². The number of carbonyl (C=O) groups is 2. The molecule has 0 fully saturated rings. The first kappa shape index (κ1) is 45.8. The number of hydrogen-bond acceptors (Lipinski definition) is 6. The molecule has 310 valence electrons. The minimum absolute atomic E-state index is 0.0113. The molecule has 10 nitrogen and oxygen atoms in total. The summed E-state index contributed by atoms with van der Waals surface area (Å²) in [5.41, 5.74) is 0.629. The quantitative estimate of drug-likeness (QED) is 0.0416. The van der Waals surface area contributed by atoms with Gasteiger partial charge in [-0.25, -0.2) is 26.9 Å². The van der Waals surface area contributed by atoms with Gasteiger partial charge in [0.2, 0.25) is 11.8 Å². The summed E-state index contributed by atoms with van der Waals surface area (Å²) in [5.74, 6) is -4.01. The first-order valence-corrected chi connectivity index (χ1v) is 27.3. The van der Waals surface area contributed by atoms with Crippen molar-refractivity contribution in [2.24, 2.45) is 0 Å². The summed E-state index contributed by atoms with van der Waals surface area (Å²) < 4.78 is 72.5. The lowest BCUT2D eigenvalue weighted by molar-refractivity contribution is -0.117. The molecule has 5 rings (SSSR count). The van der Waals surface area contributed by atoms with Gasteiger partial charge in [0, 0.05) is 58.5 Å². The molecule has 0 aliphatic rings. The van der Waals surface area contributed by atoms with Crippen LogP contribution in [0.25, 0.3) is 32.9 Å². The van der Waals surface area contributed by atoms with E-state index in [4.69, 9.17) is 9.47 Å². The normalized spacial score (nSPS) is 11.9. The minimum atomic E-state index is -1.29. The van der Waals surface area contributed by atoms with Crippen molar-refractivity contribution in [1.29, 1.82) is 0 Å². The van der Waals surface area contributed by atoms with E-state index in [1.807, 2.05) is 19.9 Å². The van der Waals surface area contributed by atoms with E-state index in [-0.39, 0.29) is 58.0 Å². The van der Waals surface area contributed by atoms with Gasteiger partial charge >= 0.3 is 0 Å². The molecular formula is C40H53BrF4N6O4Si2. The molecule has 17 heteroatoms. The van der Waals surface area contributed by atoms with E-state index < -0.39 is 39.4 Å². The maximum absolute atomic E-state index is 15.2. The lowest BCUT2D eigenvalue weighted by Gasteiger charge is -2.15. The molecule has 0 aliphatic heterocycles. The number of aromatic nitrogens is 4. The Morgan fingerprint density at radius 1 is 0.684 bits per heavy atom. The number of rotatable bonds is 17. The van der Waals surface area contributed by atoms with E-state index in [0.717, 1.165) is 12.1 Å². The van der Waals surface area contributed by atoms with Gasteiger partial charge in [-0.15, -0.1) is 0 Å². The second-order valence-electron chi connectivity index (χ2n) is 16.2. The highest BCUT2D eigenvalue weighted by molar-refractivity contribution is 9.10. The topological polar surface area (TPSA) is 112 Å². The number of ether oxygens (including phenoxy) is 2. The molecule has 3 aromatic carbocycles. The van der Waals surface area contributed by atoms with Crippen LogP contribution in [0.15, 0.2) is 46.9 Å². The Morgan fingerprint density at radius 2 is 1.12 bits per heavy atom. The Hall–Kier alpha value is -3.91. The third-order valence-corrected chi connectivity index (χ3v) is 12.7. The molecule has 0 saturated heterocycles. The highest BCUT2D eigenvalue weighted by Crippen LogP contribution is 2.35. The van der Waals surface area contributed by atoms with Gasteiger partial charge < -0.3 is 20.1 Å². The summed E-state index contributed by atoms with van der Waals surface area (Å²) in [6, 6.07) is 13.6. The van der Waals surface area contributed by atoms with E-state index in [9.17, 15) is 22.8 Å². The number of nitrogens with one attached hydrogen (secondary N) is 2. The number of halogens is 5. The molecule has 0 saturated carbocycles. The maximum atomic E-state index is 15.2. The second kappa shape index (κ2) is 20.2. The number of fused-ring (bicyclic) bond motifs is 2. The summed E-state index contributed by atoms with van der Waals surface area (Å²) in [7, 11) is -2.54. The van der Waals surface area contributed by atoms with E-state index in [1.165, 1.54) is 21.5 Å². The molecule has 0 spiro atoms. The van der Waals surface area contributed by atoms with E-state index in [0.29, 0.717) is 55.2 Å². The Morgan fingerprint density at radius 3 is 1.56 bits per heavy atom. The number of anilines is 2. The standard InChI is InChI=1S/C23H29F2N3O2Si.C17H24BrF2N3O2Si/c1-5-9-19(29)26-23-18-14-17(16-10-7-6-8-11-16)20(24)21(25)22(18)28(27-23)15-30-12-13-31(2,3)4;1-5-6-13(24)21-17-11-9-12(18)14(19)15(20)16(11)23(22-17)10-25-7-8-26(2,3)4/h6-8,10-11,14H,5,9,12-13,15H2,1-4H3,(H,26,27,29);9H,5-8,10H2,1-4H3,(H,21,22,24). The van der Waals surface area contributed by atoms with Gasteiger partial charge in [0.05, 0.1) is 4.47 Å². The van der Waals surface area contributed by atoms with Crippen molar-refractivity contribution in [2.75, 3.05) is 23.8 Å². The summed E-state index contributed by atoms with van der Waals surface area (Å²) in [6.07, 6.45) is 1.99. The van der Waals surface area contributed by atoms with Gasteiger partial charge in [-0.2, -0.15) is 10.2 Å². The smallest absolute Gasteiger partial charge is 0.225 e. The molecule has 2 heterocycles. The highest BCUT2D eigenvalue weighted by Gasteiger charge is 2.24. The monoisotopic (exact) mass is 892 g/mol. The van der Waals surface area contributed by atoms with Crippen LogP contribution in [0.4, 0.5) is 29.2 Å². The maximum Gasteiger partial charge on any atom is 0.225 e. The zero-order chi connectivity index (χ0) is 42.1. The molecular weight excluding hydrogens is 841 g/mol. The third-order valence-electron chi connectivity index (χ3n) is 8.76. The molecule has 0 unspecified atom stereocenters. The van der Waals surface area contributed by atoms with Crippen molar-refractivity contribution in [1.82, 2.24) is 19.6 Å². The van der Waals surface area contributed by atoms with Crippen molar-refractivity contribution < 1.29 is 36.6 Å². The van der Waals surface area contributed by atoms with Crippen LogP contribution in [0.5, 0.6) is 0 Å². The number of benzene rings is 3. The zero-order valence-corrected chi connectivity index (χ0v) is 37.5. The van der Waals surface area contributed by atoms with E-state index >= 15 is 4.39 Å². The van der Waals surface area contributed by atoms with Crippen molar-refractivity contribution in [3.63, 3.8) is 0 Å². The van der Waals surface area contributed by atoms with Gasteiger partial charge in [0.15, 0.2) is 34.9 Å². The first-order chi connectivity index (χ1) is 26.8. The van der Waals surface area contributed by atoms with Crippen molar-refractivity contribution >= 4 is 77.3 Å². The number of amides is 2. The van der Waals surface area contributed by atoms with Crippen molar-refractivity contribution in [3.8, 4) is 11.1 Å². The van der Waals surface area contributed by atoms with Crippen LogP contribution in [0.3, 0.4) is 0 Å². The minimum Gasteiger partial charge on any atom is -0.360 e. The fourth-order valence-corrected chi connectivity index (χ4v) is 7.53. The van der Waals surface area contributed by atoms with Crippen LogP contribution in [-0.2, 0) is 32.5 Å². The van der Waals surface area contributed by atoms with Crippen LogP contribution in [0.2, 0.25) is 51.4 Å². The van der Waals surface area contributed by atoms with Crippen molar-refractivity contribution in [3.05, 3.63) is 70.2 Å². The lowest BCUT2D eigenvalue weighted by atomic mass is 10.0. The van der Waals surface area contributed by atoms with Crippen LogP contribution >= 0.6 is 15.9 Å². The van der Waals surface area contributed by atoms with Crippen LogP contribution in [-0.4, -0.2) is 60.7 Å². The molecule has 2 amide bonds. The third kappa shape index (κ3) is 12.5. The summed E-state index contributed by atoms with van der Waals surface area (Å²) >= 11 is 3.00. The SMILES string of the molecule is CCCC(=O)Nc1nn(COCC[Si](C)(C)C)c2c(F)c(F)c(-c3ccccc3)cc12.CCCC(=O)Nc1nn(COCC[Si](C)(C)C)c2c(F)c(F)c(Br)cc12. The largest absolute Gasteiger partial charge is 0.360 e. The molecule has 5 aromatic rings. The summed E-state index contributed by atoms with van der Waals surface area (Å²) in [4.78, 5) is 24.1. The molecule has 2 aromatic heterocycles. The Bertz CT molecular complexity index is 2170. The fourth-order valence-electron chi connectivity index (χ4n) is 5.62. The number of nitrogens with zero attached hydrogens (tertiary/aromatic N) is 4. The first-order valence-electron chi connectivity index (χ1n) is 19.1. The number of carbonyl (C=O) groups excluding carboxylic acids is 2. The summed E-state index contributed by atoms with van der Waals surface area (Å²) in [6.45, 7) is 18.2. The van der Waals surface area contributed by atoms with Crippen LogP contribution in [0, 0.1) is 23.3 Å². The van der Waals surface area contributed by atoms with Gasteiger partial charge in [-0.05, 0) is 58.6 Å². The molecule has 2 N–H and O–H groups in total. The highest BCUT2D eigenvalue weighted by atomic mass is 79.9.